The van der Waals surface area contributed by atoms with E-state index < -0.39 is 12.1 Å². The Kier molecular flexibility index (Phi) is 12.7. The maximum Gasteiger partial charge on any atom is 0.471 e. The van der Waals surface area contributed by atoms with E-state index >= 15 is 0 Å². The predicted molar refractivity (Wildman–Crippen MR) is 104 cm³/mol. The van der Waals surface area contributed by atoms with Crippen molar-refractivity contribution in [3.8, 4) is 0 Å². The van der Waals surface area contributed by atoms with Crippen LogP contribution >= 0.6 is 0 Å². The van der Waals surface area contributed by atoms with Gasteiger partial charge in [0, 0.05) is 38.8 Å². The summed E-state index contributed by atoms with van der Waals surface area (Å²) >= 11 is 0. The van der Waals surface area contributed by atoms with Crippen LogP contribution in [0.2, 0.25) is 0 Å². The number of rotatable bonds is 15. The van der Waals surface area contributed by atoms with Crippen molar-refractivity contribution in [3.63, 3.8) is 0 Å². The highest BCUT2D eigenvalue weighted by Crippen LogP contribution is 2.13. The summed E-state index contributed by atoms with van der Waals surface area (Å²) < 4.78 is 35.9. The van der Waals surface area contributed by atoms with E-state index in [2.05, 4.69) is 16.0 Å². The number of quaternary nitrogens is 2. The average molecular weight is 419 g/mol. The Morgan fingerprint density at radius 1 is 0.793 bits per heavy atom. The normalized spacial score (nSPS) is 11.3. The van der Waals surface area contributed by atoms with E-state index in [1.165, 1.54) is 0 Å². The number of carbonyl (C=O) groups is 2. The van der Waals surface area contributed by atoms with Gasteiger partial charge in [-0.2, -0.15) is 13.2 Å². The largest absolute Gasteiger partial charge is 0.471 e. The van der Waals surface area contributed by atoms with Crippen LogP contribution in [0.3, 0.4) is 0 Å². The SMILES string of the molecule is O=C(Cc1ccccc1)NCCC[NH2+]CCCC[NH2+]CCCNC(=O)C(F)(F)F. The van der Waals surface area contributed by atoms with Crippen LogP contribution < -0.4 is 21.3 Å². The highest BCUT2D eigenvalue weighted by molar-refractivity contribution is 5.81. The molecule has 0 radical (unpaired) electrons. The van der Waals surface area contributed by atoms with Gasteiger partial charge in [0.25, 0.3) is 0 Å². The standard InChI is InChI=1S/C20H31F3N4O2/c21-20(22,23)19(29)27-15-7-13-25-11-5-4-10-24-12-6-14-26-18(28)16-17-8-2-1-3-9-17/h1-3,8-9,24-25H,4-7,10-16H2,(H,26,28)(H,27,29)/p+2. The number of nitrogens with one attached hydrogen (secondary N) is 2. The molecular formula is C20H33F3N4O2+2. The molecule has 0 spiro atoms. The van der Waals surface area contributed by atoms with Crippen LogP contribution in [0.1, 0.15) is 31.2 Å². The Hall–Kier alpha value is -2.13. The monoisotopic (exact) mass is 418 g/mol. The molecule has 0 fully saturated rings. The van der Waals surface area contributed by atoms with Gasteiger partial charge in [0.2, 0.25) is 5.91 Å². The number of halogens is 3. The van der Waals surface area contributed by atoms with Gasteiger partial charge in [-0.25, -0.2) is 0 Å². The zero-order valence-corrected chi connectivity index (χ0v) is 16.8. The summed E-state index contributed by atoms with van der Waals surface area (Å²) in [6.45, 7) is 4.34. The number of hydrogen-bond acceptors (Lipinski definition) is 2. The summed E-state index contributed by atoms with van der Waals surface area (Å²) in [5.41, 5.74) is 1.01. The summed E-state index contributed by atoms with van der Waals surface area (Å²) in [5.74, 6) is -1.83. The van der Waals surface area contributed by atoms with Crippen LogP contribution in [0.25, 0.3) is 0 Å². The number of nitrogens with two attached hydrogens (primary N) is 2. The van der Waals surface area contributed by atoms with Crippen molar-refractivity contribution in [2.24, 2.45) is 0 Å². The lowest BCUT2D eigenvalue weighted by Gasteiger charge is -2.07. The molecule has 0 heterocycles. The van der Waals surface area contributed by atoms with Gasteiger partial charge >= 0.3 is 12.1 Å². The van der Waals surface area contributed by atoms with Gasteiger partial charge in [-0.05, 0) is 5.56 Å². The van der Waals surface area contributed by atoms with E-state index in [-0.39, 0.29) is 12.5 Å². The number of carbonyl (C=O) groups excluding carboxylic acids is 2. The second kappa shape index (κ2) is 14.8. The molecule has 0 aliphatic carbocycles. The molecule has 0 atom stereocenters. The Labute approximate surface area is 170 Å². The van der Waals surface area contributed by atoms with Gasteiger partial charge in [0.05, 0.1) is 32.6 Å². The Morgan fingerprint density at radius 3 is 1.86 bits per heavy atom. The molecule has 164 valence electrons. The molecule has 1 aromatic rings. The first-order chi connectivity index (χ1) is 13.9. The quantitative estimate of drug-likeness (QED) is 0.295. The third-order valence-corrected chi connectivity index (χ3v) is 4.31. The Bertz CT molecular complexity index is 583. The second-order valence-electron chi connectivity index (χ2n) is 6.91. The molecule has 0 aliphatic heterocycles. The molecular weight excluding hydrogens is 385 g/mol. The Balaban J connectivity index is 1.81. The van der Waals surface area contributed by atoms with Crippen molar-refractivity contribution >= 4 is 11.8 Å². The molecule has 0 bridgehead atoms. The zero-order valence-electron chi connectivity index (χ0n) is 16.8. The van der Waals surface area contributed by atoms with Crippen LogP contribution in [0.4, 0.5) is 13.2 Å². The highest BCUT2D eigenvalue weighted by atomic mass is 19.4. The average Bonchev–Trinajstić information content (AvgIpc) is 2.68. The lowest BCUT2D eigenvalue weighted by Crippen LogP contribution is -2.86. The van der Waals surface area contributed by atoms with E-state index in [9.17, 15) is 22.8 Å². The molecule has 6 nitrogen and oxygen atoms in total. The number of benzene rings is 1. The van der Waals surface area contributed by atoms with Crippen molar-refractivity contribution in [2.75, 3.05) is 39.3 Å². The van der Waals surface area contributed by atoms with Crippen LogP contribution in [-0.4, -0.2) is 57.3 Å². The van der Waals surface area contributed by atoms with Crippen LogP contribution in [-0.2, 0) is 16.0 Å². The topological polar surface area (TPSA) is 91.4 Å². The van der Waals surface area contributed by atoms with Crippen LogP contribution in [0, 0.1) is 0 Å². The summed E-state index contributed by atoms with van der Waals surface area (Å²) in [4.78, 5) is 22.4. The molecule has 1 rings (SSSR count). The van der Waals surface area contributed by atoms with E-state index in [0.717, 1.165) is 44.5 Å². The molecule has 29 heavy (non-hydrogen) atoms. The van der Waals surface area contributed by atoms with E-state index in [1.54, 1.807) is 0 Å². The summed E-state index contributed by atoms with van der Waals surface area (Å²) in [6, 6.07) is 9.66. The first-order valence-corrected chi connectivity index (χ1v) is 10.2. The van der Waals surface area contributed by atoms with Crippen LogP contribution in [0.5, 0.6) is 0 Å². The van der Waals surface area contributed by atoms with Gasteiger partial charge in [0.1, 0.15) is 0 Å². The van der Waals surface area contributed by atoms with Crippen molar-refractivity contribution in [2.45, 2.75) is 38.3 Å². The van der Waals surface area contributed by atoms with Gasteiger partial charge in [-0.1, -0.05) is 30.3 Å². The van der Waals surface area contributed by atoms with Crippen molar-refractivity contribution in [1.82, 2.24) is 10.6 Å². The lowest BCUT2D eigenvalue weighted by atomic mass is 10.1. The summed E-state index contributed by atoms with van der Waals surface area (Å²) in [7, 11) is 0. The van der Waals surface area contributed by atoms with E-state index in [1.807, 2.05) is 35.6 Å². The summed E-state index contributed by atoms with van der Waals surface area (Å²) in [5, 5.41) is 9.08. The van der Waals surface area contributed by atoms with Crippen LogP contribution in [0.15, 0.2) is 30.3 Å². The molecule has 1 aromatic carbocycles. The lowest BCUT2D eigenvalue weighted by molar-refractivity contribution is -0.664. The predicted octanol–water partition coefficient (Wildman–Crippen LogP) is -0.289. The minimum atomic E-state index is -4.80. The Morgan fingerprint density at radius 2 is 1.31 bits per heavy atom. The minimum Gasteiger partial charge on any atom is -0.356 e. The third kappa shape index (κ3) is 13.6. The molecule has 2 amide bonds. The van der Waals surface area contributed by atoms with E-state index in [0.29, 0.717) is 25.9 Å². The van der Waals surface area contributed by atoms with Gasteiger partial charge in [0.15, 0.2) is 0 Å². The molecule has 0 unspecified atom stereocenters. The summed E-state index contributed by atoms with van der Waals surface area (Å²) in [6.07, 6.45) is -0.829. The minimum absolute atomic E-state index is 0.0460. The van der Waals surface area contributed by atoms with Crippen molar-refractivity contribution in [3.05, 3.63) is 35.9 Å². The fourth-order valence-corrected chi connectivity index (χ4v) is 2.73. The fraction of sp³-hybridized carbons (Fsp3) is 0.600. The molecule has 0 aliphatic rings. The number of amides is 2. The highest BCUT2D eigenvalue weighted by Gasteiger charge is 2.38. The van der Waals surface area contributed by atoms with Gasteiger partial charge in [-0.15, -0.1) is 0 Å². The maximum atomic E-state index is 12.0. The molecule has 9 heteroatoms. The number of hydrogen-bond donors (Lipinski definition) is 4. The third-order valence-electron chi connectivity index (χ3n) is 4.31. The molecule has 0 aromatic heterocycles. The molecule has 6 N–H and O–H groups in total. The van der Waals surface area contributed by atoms with Crippen molar-refractivity contribution < 1.29 is 33.4 Å². The van der Waals surface area contributed by atoms with Crippen molar-refractivity contribution in [1.29, 1.82) is 0 Å². The van der Waals surface area contributed by atoms with E-state index in [4.69, 9.17) is 0 Å². The fourth-order valence-electron chi connectivity index (χ4n) is 2.73. The molecule has 0 saturated carbocycles. The number of alkyl halides is 3. The van der Waals surface area contributed by atoms with Gasteiger partial charge in [-0.3, -0.25) is 9.59 Å². The zero-order chi connectivity index (χ0) is 21.4. The second-order valence-corrected chi connectivity index (χ2v) is 6.91. The first-order valence-electron chi connectivity index (χ1n) is 10.2. The maximum absolute atomic E-state index is 12.0. The molecule has 0 saturated heterocycles. The smallest absolute Gasteiger partial charge is 0.356 e. The first kappa shape index (κ1) is 24.9. The van der Waals surface area contributed by atoms with Gasteiger partial charge < -0.3 is 21.3 Å². The number of unbranched alkanes of at least 4 members (excludes halogenated alkanes) is 1.